The molecule has 1 amide bonds. The van der Waals surface area contributed by atoms with Gasteiger partial charge in [0.15, 0.2) is 0 Å². The molecule has 0 spiro atoms. The molecule has 2 aliphatic heterocycles. The fraction of sp³-hybridized carbons (Fsp3) is 0.667. The number of benzene rings is 1. The monoisotopic (exact) mass is 359 g/mol. The van der Waals surface area contributed by atoms with E-state index in [1.165, 1.54) is 18.4 Å². The molecule has 0 radical (unpaired) electrons. The molecule has 2 N–H and O–H groups in total. The minimum Gasteiger partial charge on any atom is -0.491 e. The largest absolute Gasteiger partial charge is 0.491 e. The third-order valence-corrected chi connectivity index (χ3v) is 5.27. The summed E-state index contributed by atoms with van der Waals surface area (Å²) in [5.41, 5.74) is 1.25. The van der Waals surface area contributed by atoms with E-state index in [-0.39, 0.29) is 18.1 Å². The minimum absolute atomic E-state index is 0.0229. The Hall–Kier alpha value is -1.59. The van der Waals surface area contributed by atoms with Gasteiger partial charge < -0.3 is 15.4 Å². The highest BCUT2D eigenvalue weighted by atomic mass is 16.5. The van der Waals surface area contributed by atoms with Crippen molar-refractivity contribution in [3.63, 3.8) is 0 Å². The first-order valence-corrected chi connectivity index (χ1v) is 10.1. The molecule has 0 saturated carbocycles. The summed E-state index contributed by atoms with van der Waals surface area (Å²) in [6.45, 7) is 8.95. The first-order valence-electron chi connectivity index (χ1n) is 10.1. The third-order valence-electron chi connectivity index (χ3n) is 5.27. The molecule has 3 rings (SSSR count). The number of para-hydroxylation sites is 1. The molecule has 5 heteroatoms. The average molecular weight is 360 g/mol. The van der Waals surface area contributed by atoms with Gasteiger partial charge in [-0.05, 0) is 64.6 Å². The molecule has 2 saturated heterocycles. The number of ether oxygens (including phenoxy) is 1. The third kappa shape index (κ3) is 5.45. The molecule has 5 nitrogen and oxygen atoms in total. The van der Waals surface area contributed by atoms with Crippen LogP contribution in [0.3, 0.4) is 0 Å². The Bertz CT molecular complexity index is 584. The van der Waals surface area contributed by atoms with Gasteiger partial charge in [-0.2, -0.15) is 0 Å². The Morgan fingerprint density at radius 3 is 2.92 bits per heavy atom. The van der Waals surface area contributed by atoms with Gasteiger partial charge in [0.25, 0.3) is 0 Å². The van der Waals surface area contributed by atoms with E-state index in [9.17, 15) is 4.79 Å². The fourth-order valence-electron chi connectivity index (χ4n) is 3.98. The SMILES string of the molecule is CC(C)Oc1ccccc1CN1CCCC(CNC(=O)C2CCCN2)C1. The summed E-state index contributed by atoms with van der Waals surface area (Å²) in [7, 11) is 0. The van der Waals surface area contributed by atoms with Crippen molar-refractivity contribution in [1.82, 2.24) is 15.5 Å². The number of nitrogens with one attached hydrogen (secondary N) is 2. The minimum atomic E-state index is 0.0229. The van der Waals surface area contributed by atoms with Crippen molar-refractivity contribution >= 4 is 5.91 Å². The van der Waals surface area contributed by atoms with Crippen LogP contribution in [0.1, 0.15) is 45.1 Å². The van der Waals surface area contributed by atoms with E-state index >= 15 is 0 Å². The van der Waals surface area contributed by atoms with E-state index in [2.05, 4.69) is 47.6 Å². The number of nitrogens with zero attached hydrogens (tertiary/aromatic N) is 1. The zero-order valence-electron chi connectivity index (χ0n) is 16.2. The number of hydrogen-bond acceptors (Lipinski definition) is 4. The van der Waals surface area contributed by atoms with Gasteiger partial charge in [-0.15, -0.1) is 0 Å². The summed E-state index contributed by atoms with van der Waals surface area (Å²) in [5, 5.41) is 6.43. The van der Waals surface area contributed by atoms with Crippen LogP contribution in [-0.4, -0.2) is 49.1 Å². The van der Waals surface area contributed by atoms with Crippen LogP contribution >= 0.6 is 0 Å². The highest BCUT2D eigenvalue weighted by molar-refractivity contribution is 5.81. The molecule has 2 unspecified atom stereocenters. The van der Waals surface area contributed by atoms with Crippen LogP contribution in [0.25, 0.3) is 0 Å². The molecule has 1 aromatic rings. The standard InChI is InChI=1S/C21H33N3O2/c1-16(2)26-20-10-4-3-8-18(20)15-24-12-6-7-17(14-24)13-23-21(25)19-9-5-11-22-19/h3-4,8,10,16-17,19,22H,5-7,9,11-15H2,1-2H3,(H,23,25). The molecular formula is C21H33N3O2. The Kier molecular flexibility index (Phi) is 6.92. The van der Waals surface area contributed by atoms with Gasteiger partial charge in [0.2, 0.25) is 5.91 Å². The van der Waals surface area contributed by atoms with Crippen LogP contribution in [0.2, 0.25) is 0 Å². The maximum absolute atomic E-state index is 12.2. The van der Waals surface area contributed by atoms with Crippen LogP contribution in [0.15, 0.2) is 24.3 Å². The van der Waals surface area contributed by atoms with Gasteiger partial charge in [0, 0.05) is 25.2 Å². The normalized spacial score (nSPS) is 24.0. The van der Waals surface area contributed by atoms with Gasteiger partial charge in [-0.25, -0.2) is 0 Å². The van der Waals surface area contributed by atoms with E-state index in [0.29, 0.717) is 5.92 Å². The van der Waals surface area contributed by atoms with Crippen molar-refractivity contribution in [1.29, 1.82) is 0 Å². The maximum atomic E-state index is 12.2. The molecule has 144 valence electrons. The van der Waals surface area contributed by atoms with E-state index in [1.807, 2.05) is 6.07 Å². The second-order valence-corrected chi connectivity index (χ2v) is 7.91. The summed E-state index contributed by atoms with van der Waals surface area (Å²) in [6.07, 6.45) is 4.64. The van der Waals surface area contributed by atoms with Crippen LogP contribution < -0.4 is 15.4 Å². The molecule has 26 heavy (non-hydrogen) atoms. The predicted octanol–water partition coefficient (Wildman–Crippen LogP) is 2.55. The molecule has 2 aliphatic rings. The highest BCUT2D eigenvalue weighted by Crippen LogP contribution is 2.24. The second kappa shape index (κ2) is 9.38. The number of carbonyl (C=O) groups is 1. The fourth-order valence-corrected chi connectivity index (χ4v) is 3.98. The van der Waals surface area contributed by atoms with Crippen molar-refractivity contribution in [2.45, 2.75) is 58.2 Å². The number of rotatable bonds is 7. The molecule has 2 fully saturated rings. The van der Waals surface area contributed by atoms with Gasteiger partial charge in [0.1, 0.15) is 5.75 Å². The Morgan fingerprint density at radius 1 is 1.31 bits per heavy atom. The first-order chi connectivity index (χ1) is 12.6. The molecule has 1 aromatic carbocycles. The molecule has 2 atom stereocenters. The number of amides is 1. The van der Waals surface area contributed by atoms with Crippen molar-refractivity contribution in [3.05, 3.63) is 29.8 Å². The molecular weight excluding hydrogens is 326 g/mol. The lowest BCUT2D eigenvalue weighted by atomic mass is 9.97. The van der Waals surface area contributed by atoms with Crippen molar-refractivity contribution < 1.29 is 9.53 Å². The summed E-state index contributed by atoms with van der Waals surface area (Å²) in [5.74, 6) is 1.70. The van der Waals surface area contributed by atoms with Crippen LogP contribution in [0.5, 0.6) is 5.75 Å². The number of piperidine rings is 1. The van der Waals surface area contributed by atoms with Gasteiger partial charge in [-0.1, -0.05) is 18.2 Å². The van der Waals surface area contributed by atoms with Gasteiger partial charge in [0.05, 0.1) is 12.1 Å². The van der Waals surface area contributed by atoms with Gasteiger partial charge in [-0.3, -0.25) is 9.69 Å². The Labute approximate surface area is 157 Å². The number of hydrogen-bond donors (Lipinski definition) is 2. The smallest absolute Gasteiger partial charge is 0.237 e. The quantitative estimate of drug-likeness (QED) is 0.786. The molecule has 0 bridgehead atoms. The van der Waals surface area contributed by atoms with Crippen LogP contribution in [0, 0.1) is 5.92 Å². The van der Waals surface area contributed by atoms with E-state index in [0.717, 1.165) is 51.3 Å². The van der Waals surface area contributed by atoms with Crippen molar-refractivity contribution in [3.8, 4) is 5.75 Å². The maximum Gasteiger partial charge on any atom is 0.237 e. The summed E-state index contributed by atoms with van der Waals surface area (Å²) < 4.78 is 5.96. The van der Waals surface area contributed by atoms with Crippen LogP contribution in [-0.2, 0) is 11.3 Å². The predicted molar refractivity (Wildman–Crippen MR) is 104 cm³/mol. The Balaban J connectivity index is 1.50. The Morgan fingerprint density at radius 2 is 2.15 bits per heavy atom. The van der Waals surface area contributed by atoms with Crippen molar-refractivity contribution in [2.75, 3.05) is 26.2 Å². The summed E-state index contributed by atoms with van der Waals surface area (Å²) in [6, 6.07) is 8.36. The van der Waals surface area contributed by atoms with Crippen LogP contribution in [0.4, 0.5) is 0 Å². The number of carbonyl (C=O) groups excluding carboxylic acids is 1. The van der Waals surface area contributed by atoms with Gasteiger partial charge >= 0.3 is 0 Å². The summed E-state index contributed by atoms with van der Waals surface area (Å²) in [4.78, 5) is 14.7. The summed E-state index contributed by atoms with van der Waals surface area (Å²) >= 11 is 0. The average Bonchev–Trinajstić information content (AvgIpc) is 3.16. The second-order valence-electron chi connectivity index (χ2n) is 7.91. The lowest BCUT2D eigenvalue weighted by Crippen LogP contribution is -2.45. The lowest BCUT2D eigenvalue weighted by molar-refractivity contribution is -0.123. The van der Waals surface area contributed by atoms with E-state index in [4.69, 9.17) is 4.74 Å². The van der Waals surface area contributed by atoms with Crippen molar-refractivity contribution in [2.24, 2.45) is 5.92 Å². The molecule has 2 heterocycles. The zero-order chi connectivity index (χ0) is 18.4. The zero-order valence-corrected chi connectivity index (χ0v) is 16.2. The van der Waals surface area contributed by atoms with E-state index < -0.39 is 0 Å². The van der Waals surface area contributed by atoms with E-state index in [1.54, 1.807) is 0 Å². The topological polar surface area (TPSA) is 53.6 Å². The lowest BCUT2D eigenvalue weighted by Gasteiger charge is -2.33. The number of likely N-dealkylation sites (tertiary alicyclic amines) is 1. The molecule has 0 aromatic heterocycles. The first kappa shape index (κ1) is 19.2. The highest BCUT2D eigenvalue weighted by Gasteiger charge is 2.25. The molecule has 0 aliphatic carbocycles.